The van der Waals surface area contributed by atoms with Gasteiger partial charge < -0.3 is 19.7 Å². The number of rotatable bonds is 9. The summed E-state index contributed by atoms with van der Waals surface area (Å²) in [5.41, 5.74) is 0.970. The molecule has 9 nitrogen and oxygen atoms in total. The van der Waals surface area contributed by atoms with Gasteiger partial charge in [0, 0.05) is 49.2 Å². The third-order valence-electron chi connectivity index (χ3n) is 6.77. The van der Waals surface area contributed by atoms with E-state index in [-0.39, 0.29) is 5.41 Å². The Morgan fingerprint density at radius 2 is 2.24 bits per heavy atom. The molecule has 1 aliphatic carbocycles. The van der Waals surface area contributed by atoms with E-state index >= 15 is 0 Å². The first-order chi connectivity index (χ1) is 16.5. The van der Waals surface area contributed by atoms with Crippen LogP contribution in [0, 0.1) is 5.41 Å². The first-order valence-corrected chi connectivity index (χ1v) is 13.7. The van der Waals surface area contributed by atoms with Crippen LogP contribution in [0.3, 0.4) is 0 Å². The number of hydrogen-bond donors (Lipinski definition) is 2. The van der Waals surface area contributed by atoms with Crippen LogP contribution in [0.2, 0.25) is 0 Å². The molecular formula is C23H30N6O3S2. The average molecular weight is 503 g/mol. The van der Waals surface area contributed by atoms with Crippen LogP contribution in [0.25, 0.3) is 11.0 Å². The van der Waals surface area contributed by atoms with Gasteiger partial charge >= 0.3 is 5.97 Å². The van der Waals surface area contributed by atoms with Crippen LogP contribution in [0.4, 0.5) is 10.8 Å². The molecule has 2 N–H and O–H groups in total. The first kappa shape index (κ1) is 23.3. The predicted molar refractivity (Wildman–Crippen MR) is 137 cm³/mol. The van der Waals surface area contributed by atoms with Gasteiger partial charge in [-0.15, -0.1) is 11.3 Å². The van der Waals surface area contributed by atoms with Gasteiger partial charge in [-0.2, -0.15) is 11.8 Å². The number of carboxylic acid groups (broad SMARTS) is 1. The van der Waals surface area contributed by atoms with Crippen LogP contribution in [-0.2, 0) is 4.79 Å². The van der Waals surface area contributed by atoms with Crippen molar-refractivity contribution in [2.45, 2.75) is 25.3 Å². The third kappa shape index (κ3) is 4.56. The van der Waals surface area contributed by atoms with Crippen LogP contribution in [0.5, 0.6) is 5.75 Å². The molecule has 0 unspecified atom stereocenters. The van der Waals surface area contributed by atoms with Gasteiger partial charge in [-0.1, -0.05) is 0 Å². The molecule has 1 atom stereocenters. The van der Waals surface area contributed by atoms with E-state index in [4.69, 9.17) is 4.74 Å². The molecule has 0 radical (unpaired) electrons. The average Bonchev–Trinajstić information content (AvgIpc) is 3.23. The van der Waals surface area contributed by atoms with E-state index in [0.717, 1.165) is 65.8 Å². The van der Waals surface area contributed by atoms with E-state index in [2.05, 4.69) is 24.9 Å². The summed E-state index contributed by atoms with van der Waals surface area (Å²) in [6.45, 7) is 3.20. The maximum atomic E-state index is 12.5. The standard InChI is InChI=1S/C23H30N6O3S2/c1-32-16-11-19(34-12-16)29(18(22(30)31)4-10-33-2)28-9-8-27(13-23(14-28)5-6-23)21-17-3-7-24-20(17)25-15-26-21/h3,7,11-12,15,18H,4-6,8-10,13-14H2,1-2H3,(H,30,31)(H,24,25,26)/t18-/m0/s1. The summed E-state index contributed by atoms with van der Waals surface area (Å²) in [5.74, 6) is 1.69. The van der Waals surface area contributed by atoms with Gasteiger partial charge in [0.15, 0.2) is 0 Å². The van der Waals surface area contributed by atoms with Gasteiger partial charge in [0.25, 0.3) is 0 Å². The normalized spacial score (nSPS) is 18.7. The van der Waals surface area contributed by atoms with Crippen molar-refractivity contribution in [3.05, 3.63) is 30.0 Å². The number of thiophene rings is 1. The van der Waals surface area contributed by atoms with Crippen molar-refractivity contribution < 1.29 is 14.6 Å². The second-order valence-electron chi connectivity index (χ2n) is 9.05. The Morgan fingerprint density at radius 3 is 2.94 bits per heavy atom. The van der Waals surface area contributed by atoms with Gasteiger partial charge in [-0.25, -0.2) is 19.8 Å². The smallest absolute Gasteiger partial charge is 0.328 e. The Hall–Kier alpha value is -2.50. The van der Waals surface area contributed by atoms with E-state index in [1.807, 2.05) is 35.0 Å². The molecule has 182 valence electrons. The van der Waals surface area contributed by atoms with Crippen LogP contribution in [-0.4, -0.2) is 82.4 Å². The number of aliphatic carboxylic acids is 1. The Bertz CT molecular complexity index is 1150. The number of H-pyrrole nitrogens is 1. The molecule has 5 rings (SSSR count). The molecule has 1 spiro atoms. The quantitative estimate of drug-likeness (QED) is 0.455. The van der Waals surface area contributed by atoms with Gasteiger partial charge in [0.2, 0.25) is 0 Å². The lowest BCUT2D eigenvalue weighted by atomic mass is 10.1. The Kier molecular flexibility index (Phi) is 6.59. The fraction of sp³-hybridized carbons (Fsp3) is 0.522. The number of carboxylic acids is 1. The molecule has 0 amide bonds. The molecule has 4 heterocycles. The first-order valence-electron chi connectivity index (χ1n) is 11.4. The Labute approximate surface area is 207 Å². The van der Waals surface area contributed by atoms with Gasteiger partial charge in [-0.3, -0.25) is 5.01 Å². The van der Waals surface area contributed by atoms with E-state index in [9.17, 15) is 9.90 Å². The molecule has 2 aliphatic rings. The number of carbonyl (C=O) groups is 1. The molecule has 1 saturated heterocycles. The largest absolute Gasteiger partial charge is 0.496 e. The number of nitrogens with one attached hydrogen (secondary N) is 1. The van der Waals surface area contributed by atoms with Crippen molar-refractivity contribution in [1.29, 1.82) is 0 Å². The van der Waals surface area contributed by atoms with Crippen molar-refractivity contribution in [1.82, 2.24) is 20.0 Å². The summed E-state index contributed by atoms with van der Waals surface area (Å²) < 4.78 is 5.43. The number of nitrogens with zero attached hydrogens (tertiary/aromatic N) is 5. The summed E-state index contributed by atoms with van der Waals surface area (Å²) in [6.07, 6.45) is 8.36. The molecule has 3 aromatic rings. The topological polar surface area (TPSA) is 97.8 Å². The molecule has 2 fully saturated rings. The highest BCUT2D eigenvalue weighted by atomic mass is 32.2. The molecule has 1 saturated carbocycles. The number of hydrogen-bond acceptors (Lipinski definition) is 9. The number of methoxy groups -OCH3 is 1. The molecule has 1 aliphatic heterocycles. The van der Waals surface area contributed by atoms with Crippen LogP contribution in [0.15, 0.2) is 30.0 Å². The van der Waals surface area contributed by atoms with Crippen molar-refractivity contribution in [2.75, 3.05) is 55.2 Å². The summed E-state index contributed by atoms with van der Waals surface area (Å²) in [4.78, 5) is 27.0. The highest BCUT2D eigenvalue weighted by molar-refractivity contribution is 7.98. The van der Waals surface area contributed by atoms with Crippen molar-refractivity contribution >= 4 is 50.9 Å². The molecule has 0 aromatic carbocycles. The van der Waals surface area contributed by atoms with Gasteiger partial charge in [0.1, 0.15) is 34.6 Å². The monoisotopic (exact) mass is 502 g/mol. The second-order valence-corrected chi connectivity index (χ2v) is 10.9. The zero-order valence-electron chi connectivity index (χ0n) is 19.4. The summed E-state index contributed by atoms with van der Waals surface area (Å²) in [7, 11) is 1.64. The van der Waals surface area contributed by atoms with Crippen LogP contribution >= 0.6 is 23.1 Å². The number of ether oxygens (including phenoxy) is 1. The fourth-order valence-electron chi connectivity index (χ4n) is 4.81. The fourth-order valence-corrected chi connectivity index (χ4v) is 6.21. The van der Waals surface area contributed by atoms with Crippen LogP contribution < -0.4 is 14.6 Å². The molecule has 11 heteroatoms. The highest BCUT2D eigenvalue weighted by Crippen LogP contribution is 2.49. The lowest BCUT2D eigenvalue weighted by molar-refractivity contribution is -0.139. The number of anilines is 2. The molecular weight excluding hydrogens is 472 g/mol. The second kappa shape index (κ2) is 9.63. The summed E-state index contributed by atoms with van der Waals surface area (Å²) >= 11 is 3.21. The Balaban J connectivity index is 1.48. The number of hydrazine groups is 1. The Morgan fingerprint density at radius 1 is 1.38 bits per heavy atom. The molecule has 3 aromatic heterocycles. The summed E-state index contributed by atoms with van der Waals surface area (Å²) in [6, 6.07) is 3.35. The minimum atomic E-state index is -0.794. The minimum absolute atomic E-state index is 0.131. The number of thioether (sulfide) groups is 1. The maximum absolute atomic E-state index is 12.5. The number of fused-ring (bicyclic) bond motifs is 1. The van der Waals surface area contributed by atoms with Crippen LogP contribution in [0.1, 0.15) is 19.3 Å². The zero-order chi connectivity index (χ0) is 23.7. The molecule has 34 heavy (non-hydrogen) atoms. The minimum Gasteiger partial charge on any atom is -0.496 e. The van der Waals surface area contributed by atoms with Crippen molar-refractivity contribution in [3.8, 4) is 5.75 Å². The lowest BCUT2D eigenvalue weighted by Crippen LogP contribution is -2.54. The third-order valence-corrected chi connectivity index (χ3v) is 8.31. The maximum Gasteiger partial charge on any atom is 0.328 e. The van der Waals surface area contributed by atoms with Crippen molar-refractivity contribution in [3.63, 3.8) is 0 Å². The van der Waals surface area contributed by atoms with E-state index in [1.54, 1.807) is 25.2 Å². The van der Waals surface area contributed by atoms with E-state index in [0.29, 0.717) is 13.0 Å². The summed E-state index contributed by atoms with van der Waals surface area (Å²) in [5, 5.41) is 18.4. The van der Waals surface area contributed by atoms with Gasteiger partial charge in [-0.05, 0) is 37.3 Å². The molecule has 0 bridgehead atoms. The zero-order valence-corrected chi connectivity index (χ0v) is 21.1. The SMILES string of the molecule is COc1csc(N([C@@H](CCSC)C(=O)O)N2CCN(c3ncnc4[nH]ccc34)CC3(CC3)C2)c1. The predicted octanol–water partition coefficient (Wildman–Crippen LogP) is 3.56. The van der Waals surface area contributed by atoms with E-state index < -0.39 is 12.0 Å². The van der Waals surface area contributed by atoms with E-state index in [1.165, 1.54) is 11.3 Å². The van der Waals surface area contributed by atoms with Crippen molar-refractivity contribution in [2.24, 2.45) is 5.41 Å². The van der Waals surface area contributed by atoms with Gasteiger partial charge in [0.05, 0.1) is 12.5 Å². The number of aromatic amines is 1. The highest BCUT2D eigenvalue weighted by Gasteiger charge is 2.49. The lowest BCUT2D eigenvalue weighted by Gasteiger charge is -2.40. The number of aromatic nitrogens is 3.